The summed E-state index contributed by atoms with van der Waals surface area (Å²) >= 11 is 0. The van der Waals surface area contributed by atoms with Gasteiger partial charge in [0, 0.05) is 0 Å². The molecule has 0 spiro atoms. The third kappa shape index (κ3) is 11.5. The van der Waals surface area contributed by atoms with E-state index in [0.717, 1.165) is 0 Å². The number of carbonyl (C=O) groups is 2. The summed E-state index contributed by atoms with van der Waals surface area (Å²) in [6.07, 6.45) is -1.83. The molecule has 0 saturated carbocycles. The number of methoxy groups -OCH3 is 1. The first-order chi connectivity index (χ1) is 5.21. The maximum atomic E-state index is 10.6. The third-order valence-electron chi connectivity index (χ3n) is 0.798. The Kier molecular flexibility index (Phi) is 6.00. The molecule has 0 saturated heterocycles. The zero-order chi connectivity index (χ0) is 10.4. The molecule has 2 N–H and O–H groups in total. The lowest BCUT2D eigenvalue weighted by Gasteiger charge is -2.13. The predicted octanol–water partition coefficient (Wildman–Crippen LogP) is 1.43. The van der Waals surface area contributed by atoms with Crippen molar-refractivity contribution >= 4 is 12.1 Å². The van der Waals surface area contributed by atoms with E-state index in [1.807, 2.05) is 20.8 Å². The van der Waals surface area contributed by atoms with Crippen molar-refractivity contribution in [1.82, 2.24) is 0 Å². The Morgan fingerprint density at radius 3 is 1.42 bits per heavy atom. The van der Waals surface area contributed by atoms with Gasteiger partial charge >= 0.3 is 12.1 Å². The van der Waals surface area contributed by atoms with Crippen LogP contribution in [0.1, 0.15) is 20.8 Å². The van der Waals surface area contributed by atoms with Crippen LogP contribution in [0, 0.1) is 5.41 Å². The molecule has 0 bridgehead atoms. The van der Waals surface area contributed by atoms with E-state index in [9.17, 15) is 4.79 Å². The second-order valence-corrected chi connectivity index (χ2v) is 3.02. The molecule has 0 fully saturated rings. The monoisotopic (exact) mass is 178 g/mol. The second-order valence-electron chi connectivity index (χ2n) is 3.02. The highest BCUT2D eigenvalue weighted by molar-refractivity contribution is 5.75. The summed E-state index contributed by atoms with van der Waals surface area (Å²) < 4.78 is 4.48. The van der Waals surface area contributed by atoms with Crippen LogP contribution in [0.25, 0.3) is 0 Å². The SMILES string of the molecule is COC(=O)C(C)(C)C.O=C(O)O. The van der Waals surface area contributed by atoms with Crippen molar-refractivity contribution in [2.75, 3.05) is 7.11 Å². The van der Waals surface area contributed by atoms with Gasteiger partial charge in [-0.15, -0.1) is 0 Å². The van der Waals surface area contributed by atoms with E-state index in [4.69, 9.17) is 15.0 Å². The quantitative estimate of drug-likeness (QED) is 0.548. The molecule has 0 unspecified atom stereocenters. The minimum Gasteiger partial charge on any atom is -0.469 e. The molecule has 5 nitrogen and oxygen atoms in total. The van der Waals surface area contributed by atoms with Crippen LogP contribution in [0.5, 0.6) is 0 Å². The maximum Gasteiger partial charge on any atom is 0.503 e. The highest BCUT2D eigenvalue weighted by atomic mass is 16.6. The van der Waals surface area contributed by atoms with E-state index in [1.165, 1.54) is 7.11 Å². The number of rotatable bonds is 0. The van der Waals surface area contributed by atoms with Crippen LogP contribution >= 0.6 is 0 Å². The van der Waals surface area contributed by atoms with E-state index >= 15 is 0 Å². The smallest absolute Gasteiger partial charge is 0.469 e. The Morgan fingerprint density at radius 2 is 1.42 bits per heavy atom. The highest BCUT2D eigenvalue weighted by Gasteiger charge is 2.21. The molecule has 0 aliphatic rings. The summed E-state index contributed by atoms with van der Waals surface area (Å²) in [5, 5.41) is 13.9. The van der Waals surface area contributed by atoms with Crippen molar-refractivity contribution in [3.05, 3.63) is 0 Å². The van der Waals surface area contributed by atoms with E-state index in [1.54, 1.807) is 0 Å². The first kappa shape index (κ1) is 13.3. The molecule has 5 heteroatoms. The van der Waals surface area contributed by atoms with Crippen molar-refractivity contribution in [3.8, 4) is 0 Å². The summed E-state index contributed by atoms with van der Waals surface area (Å²) in [7, 11) is 1.40. The first-order valence-electron chi connectivity index (χ1n) is 3.22. The normalized spacial score (nSPS) is 9.33. The third-order valence-corrected chi connectivity index (χ3v) is 0.798. The number of ether oxygens (including phenoxy) is 1. The van der Waals surface area contributed by atoms with Crippen molar-refractivity contribution < 1.29 is 24.5 Å². The molecule has 0 radical (unpaired) electrons. The Balaban J connectivity index is 0. The molecule has 0 aromatic rings. The molecule has 0 amide bonds. The van der Waals surface area contributed by atoms with Crippen molar-refractivity contribution in [1.29, 1.82) is 0 Å². The summed E-state index contributed by atoms with van der Waals surface area (Å²) in [5.74, 6) is -0.169. The molecule has 0 aliphatic heterocycles. The minimum absolute atomic E-state index is 0.169. The van der Waals surface area contributed by atoms with Gasteiger partial charge in [0.25, 0.3) is 0 Å². The average Bonchev–Trinajstić information content (AvgIpc) is 1.82. The number of hydrogen-bond donors (Lipinski definition) is 2. The molecule has 72 valence electrons. The Morgan fingerprint density at radius 1 is 1.17 bits per heavy atom. The fourth-order valence-electron chi connectivity index (χ4n) is 0.306. The lowest BCUT2D eigenvalue weighted by Crippen LogP contribution is -2.21. The Bertz CT molecular complexity index is 152. The second kappa shape index (κ2) is 5.40. The van der Waals surface area contributed by atoms with Crippen LogP contribution in [-0.2, 0) is 9.53 Å². The molecule has 0 rings (SSSR count). The van der Waals surface area contributed by atoms with E-state index in [-0.39, 0.29) is 11.4 Å². The van der Waals surface area contributed by atoms with Gasteiger partial charge in [0.1, 0.15) is 0 Å². The van der Waals surface area contributed by atoms with Gasteiger partial charge in [-0.3, -0.25) is 4.79 Å². The molecule has 0 aromatic heterocycles. The molecule has 0 aliphatic carbocycles. The molecule has 0 heterocycles. The summed E-state index contributed by atoms with van der Waals surface area (Å²) in [5.41, 5.74) is -0.352. The minimum atomic E-state index is -1.83. The predicted molar refractivity (Wildman–Crippen MR) is 42.1 cm³/mol. The molecular formula is C7H14O5. The van der Waals surface area contributed by atoms with Gasteiger partial charge < -0.3 is 14.9 Å². The lowest BCUT2D eigenvalue weighted by molar-refractivity contribution is -0.149. The van der Waals surface area contributed by atoms with Crippen LogP contribution in [0.3, 0.4) is 0 Å². The van der Waals surface area contributed by atoms with Crippen LogP contribution in [0.15, 0.2) is 0 Å². The maximum absolute atomic E-state index is 10.6. The number of carboxylic acid groups (broad SMARTS) is 2. The number of carbonyl (C=O) groups excluding carboxylic acids is 1. The van der Waals surface area contributed by atoms with E-state index in [0.29, 0.717) is 0 Å². The van der Waals surface area contributed by atoms with Crippen molar-refractivity contribution in [2.45, 2.75) is 20.8 Å². The van der Waals surface area contributed by atoms with Gasteiger partial charge in [0.2, 0.25) is 0 Å². The topological polar surface area (TPSA) is 83.8 Å². The van der Waals surface area contributed by atoms with Crippen LogP contribution in [-0.4, -0.2) is 29.4 Å². The van der Waals surface area contributed by atoms with Gasteiger partial charge in [-0.05, 0) is 20.8 Å². The standard InChI is InChI=1S/C6H12O2.CH2O3/c1-6(2,3)5(7)8-4;2-1(3)4/h1-4H3;(H2,2,3,4). The Hall–Kier alpha value is -1.26. The Labute approximate surface area is 71.0 Å². The van der Waals surface area contributed by atoms with Crippen LogP contribution in [0.2, 0.25) is 0 Å². The van der Waals surface area contributed by atoms with Gasteiger partial charge in [0.15, 0.2) is 0 Å². The highest BCUT2D eigenvalue weighted by Crippen LogP contribution is 2.13. The fraction of sp³-hybridized carbons (Fsp3) is 0.714. The van der Waals surface area contributed by atoms with E-state index in [2.05, 4.69) is 4.74 Å². The van der Waals surface area contributed by atoms with Crippen LogP contribution < -0.4 is 0 Å². The molecular weight excluding hydrogens is 164 g/mol. The summed E-state index contributed by atoms with van der Waals surface area (Å²) in [6, 6.07) is 0. The van der Waals surface area contributed by atoms with Gasteiger partial charge in [-0.1, -0.05) is 0 Å². The zero-order valence-electron chi connectivity index (χ0n) is 7.62. The van der Waals surface area contributed by atoms with E-state index < -0.39 is 6.16 Å². The van der Waals surface area contributed by atoms with Crippen molar-refractivity contribution in [2.24, 2.45) is 5.41 Å². The summed E-state index contributed by atoms with van der Waals surface area (Å²) in [6.45, 7) is 5.45. The largest absolute Gasteiger partial charge is 0.503 e. The average molecular weight is 178 g/mol. The van der Waals surface area contributed by atoms with Crippen molar-refractivity contribution in [3.63, 3.8) is 0 Å². The van der Waals surface area contributed by atoms with Crippen LogP contribution in [0.4, 0.5) is 4.79 Å². The van der Waals surface area contributed by atoms with Gasteiger partial charge in [-0.25, -0.2) is 4.79 Å². The fourth-order valence-corrected chi connectivity index (χ4v) is 0.306. The van der Waals surface area contributed by atoms with Gasteiger partial charge in [0.05, 0.1) is 12.5 Å². The number of hydrogen-bond acceptors (Lipinski definition) is 3. The first-order valence-corrected chi connectivity index (χ1v) is 3.22. The molecule has 0 aromatic carbocycles. The van der Waals surface area contributed by atoms with Gasteiger partial charge in [-0.2, -0.15) is 0 Å². The zero-order valence-corrected chi connectivity index (χ0v) is 7.62. The summed E-state index contributed by atoms with van der Waals surface area (Å²) in [4.78, 5) is 19.2. The lowest BCUT2D eigenvalue weighted by atomic mass is 9.98. The number of esters is 1. The molecule has 12 heavy (non-hydrogen) atoms. The molecule has 0 atom stereocenters.